The first-order valence-corrected chi connectivity index (χ1v) is 8.22. The number of nitrogens with zero attached hydrogens (tertiary/aromatic N) is 1. The number of amides is 3. The third kappa shape index (κ3) is 3.60. The van der Waals surface area contributed by atoms with Crippen LogP contribution in [0.1, 0.15) is 25.7 Å². The Kier molecular flexibility index (Phi) is 4.92. The van der Waals surface area contributed by atoms with Crippen LogP contribution in [0, 0.1) is 23.5 Å². The Labute approximate surface area is 143 Å². The second-order valence-corrected chi connectivity index (χ2v) is 6.26. The monoisotopic (exact) mass is 348 g/mol. The lowest BCUT2D eigenvalue weighted by molar-refractivity contribution is -0.140. The van der Waals surface area contributed by atoms with Gasteiger partial charge in [-0.2, -0.15) is 0 Å². The van der Waals surface area contributed by atoms with E-state index in [1.165, 1.54) is 4.90 Å². The smallest absolute Gasteiger partial charge is 0.233 e. The number of nitrogens with one attached hydrogen (secondary N) is 1. The van der Waals surface area contributed by atoms with Gasteiger partial charge < -0.3 is 5.32 Å². The predicted molar refractivity (Wildman–Crippen MR) is 86.3 cm³/mol. The third-order valence-corrected chi connectivity index (χ3v) is 4.59. The van der Waals surface area contributed by atoms with E-state index in [1.54, 1.807) is 0 Å². The highest BCUT2D eigenvalue weighted by molar-refractivity contribution is 6.05. The van der Waals surface area contributed by atoms with E-state index in [0.717, 1.165) is 12.1 Å². The molecule has 3 rings (SSSR count). The second-order valence-electron chi connectivity index (χ2n) is 6.26. The number of carbonyl (C=O) groups excluding carboxylic acids is 3. The number of benzene rings is 1. The predicted octanol–water partition coefficient (Wildman–Crippen LogP) is 2.63. The summed E-state index contributed by atoms with van der Waals surface area (Å²) in [4.78, 5) is 37.7. The summed E-state index contributed by atoms with van der Waals surface area (Å²) in [6.07, 6.45) is 5.31. The van der Waals surface area contributed by atoms with Crippen LogP contribution in [0.5, 0.6) is 0 Å². The number of anilines is 1. The Morgan fingerprint density at radius 2 is 1.76 bits per heavy atom. The van der Waals surface area contributed by atoms with E-state index < -0.39 is 17.5 Å². The number of halogens is 2. The average Bonchev–Trinajstić information content (AvgIpc) is 2.83. The zero-order valence-electron chi connectivity index (χ0n) is 13.5. The molecule has 1 heterocycles. The van der Waals surface area contributed by atoms with Crippen LogP contribution in [0.3, 0.4) is 0 Å². The maximum atomic E-state index is 13.5. The van der Waals surface area contributed by atoms with Crippen molar-refractivity contribution < 1.29 is 23.2 Å². The number of imide groups is 1. The van der Waals surface area contributed by atoms with Crippen molar-refractivity contribution in [1.29, 1.82) is 0 Å². The molecule has 2 aliphatic rings. The van der Waals surface area contributed by atoms with Gasteiger partial charge in [-0.1, -0.05) is 12.2 Å². The van der Waals surface area contributed by atoms with Crippen molar-refractivity contribution in [2.45, 2.75) is 25.7 Å². The number of fused-ring (bicyclic) bond motifs is 1. The van der Waals surface area contributed by atoms with Crippen LogP contribution in [-0.2, 0) is 14.4 Å². The topological polar surface area (TPSA) is 66.5 Å². The van der Waals surface area contributed by atoms with Crippen molar-refractivity contribution in [3.63, 3.8) is 0 Å². The lowest BCUT2D eigenvalue weighted by Gasteiger charge is -2.14. The molecular formula is C18H18F2N2O3. The largest absolute Gasteiger partial charge is 0.324 e. The summed E-state index contributed by atoms with van der Waals surface area (Å²) in [7, 11) is 0. The first-order chi connectivity index (χ1) is 12.0. The summed E-state index contributed by atoms with van der Waals surface area (Å²) in [6.45, 7) is 0.171. The van der Waals surface area contributed by atoms with E-state index in [2.05, 4.69) is 5.32 Å². The van der Waals surface area contributed by atoms with E-state index in [9.17, 15) is 23.2 Å². The molecule has 0 spiro atoms. The maximum absolute atomic E-state index is 13.5. The zero-order chi connectivity index (χ0) is 18.0. The van der Waals surface area contributed by atoms with Gasteiger partial charge in [-0.05, 0) is 31.4 Å². The number of carbonyl (C=O) groups is 3. The summed E-state index contributed by atoms with van der Waals surface area (Å²) < 4.78 is 26.3. The molecule has 0 unspecified atom stereocenters. The van der Waals surface area contributed by atoms with E-state index in [-0.39, 0.29) is 42.3 Å². The van der Waals surface area contributed by atoms with Crippen LogP contribution < -0.4 is 5.32 Å². The molecule has 0 saturated carbocycles. The minimum absolute atomic E-state index is 0.0292. The maximum Gasteiger partial charge on any atom is 0.233 e. The highest BCUT2D eigenvalue weighted by Gasteiger charge is 2.46. The van der Waals surface area contributed by atoms with Crippen molar-refractivity contribution in [1.82, 2.24) is 4.90 Å². The average molecular weight is 348 g/mol. The number of likely N-dealkylation sites (tertiary alicyclic amines) is 1. The molecule has 1 aromatic rings. The van der Waals surface area contributed by atoms with Crippen molar-refractivity contribution in [2.75, 3.05) is 11.9 Å². The lowest BCUT2D eigenvalue weighted by Crippen LogP contribution is -2.32. The number of hydrogen-bond acceptors (Lipinski definition) is 3. The summed E-state index contributed by atoms with van der Waals surface area (Å²) >= 11 is 0. The molecule has 132 valence electrons. The molecule has 0 aromatic heterocycles. The molecule has 1 aromatic carbocycles. The molecule has 5 nitrogen and oxygen atoms in total. The Morgan fingerprint density at radius 3 is 2.36 bits per heavy atom. The molecule has 25 heavy (non-hydrogen) atoms. The molecule has 0 bridgehead atoms. The molecular weight excluding hydrogens is 330 g/mol. The summed E-state index contributed by atoms with van der Waals surface area (Å²) in [6, 6.07) is 2.89. The second kappa shape index (κ2) is 7.13. The fraction of sp³-hybridized carbons (Fsp3) is 0.389. The van der Waals surface area contributed by atoms with E-state index in [0.29, 0.717) is 25.3 Å². The fourth-order valence-corrected chi connectivity index (χ4v) is 3.29. The van der Waals surface area contributed by atoms with Crippen LogP contribution in [0.15, 0.2) is 30.4 Å². The minimum atomic E-state index is -0.852. The summed E-state index contributed by atoms with van der Waals surface area (Å²) in [5.41, 5.74) is -0.100. The molecule has 2 atom stereocenters. The normalized spacial score (nSPS) is 22.2. The van der Waals surface area contributed by atoms with Crippen molar-refractivity contribution in [3.8, 4) is 0 Å². The van der Waals surface area contributed by atoms with Crippen LogP contribution >= 0.6 is 0 Å². The van der Waals surface area contributed by atoms with Crippen molar-refractivity contribution in [3.05, 3.63) is 42.0 Å². The van der Waals surface area contributed by atoms with E-state index >= 15 is 0 Å². The van der Waals surface area contributed by atoms with Gasteiger partial charge >= 0.3 is 0 Å². The van der Waals surface area contributed by atoms with E-state index in [1.807, 2.05) is 12.2 Å². The Balaban J connectivity index is 1.50. The van der Waals surface area contributed by atoms with Crippen LogP contribution in [0.2, 0.25) is 0 Å². The van der Waals surface area contributed by atoms with Crippen molar-refractivity contribution >= 4 is 23.4 Å². The third-order valence-electron chi connectivity index (χ3n) is 4.59. The molecule has 1 aliphatic heterocycles. The first kappa shape index (κ1) is 17.3. The Morgan fingerprint density at radius 1 is 1.12 bits per heavy atom. The van der Waals surface area contributed by atoms with Gasteiger partial charge in [0.1, 0.15) is 11.6 Å². The molecule has 3 amide bonds. The van der Waals surface area contributed by atoms with Crippen molar-refractivity contribution in [2.24, 2.45) is 11.8 Å². The standard InChI is InChI=1S/C18H18F2N2O3/c19-11-7-8-15(14(20)10-11)21-16(23)6-3-9-22-17(24)12-4-1-2-5-13(12)18(22)25/h1-2,7-8,10,12-13H,3-6,9H2,(H,21,23)/t12-,13-/m0/s1. The molecule has 1 fully saturated rings. The molecule has 7 heteroatoms. The van der Waals surface area contributed by atoms with Crippen LogP contribution in [-0.4, -0.2) is 29.2 Å². The van der Waals surface area contributed by atoms with Crippen LogP contribution in [0.25, 0.3) is 0 Å². The SMILES string of the molecule is O=C(CCCN1C(=O)[C@H]2CC=CC[C@@H]2C1=O)Nc1ccc(F)cc1F. The van der Waals surface area contributed by atoms with Gasteiger partial charge in [-0.15, -0.1) is 0 Å². The van der Waals surface area contributed by atoms with Crippen LogP contribution in [0.4, 0.5) is 14.5 Å². The van der Waals surface area contributed by atoms with Gasteiger partial charge in [-0.3, -0.25) is 19.3 Å². The zero-order valence-corrected chi connectivity index (χ0v) is 13.5. The Bertz CT molecular complexity index is 722. The fourth-order valence-electron chi connectivity index (χ4n) is 3.29. The summed E-state index contributed by atoms with van der Waals surface area (Å²) in [5, 5.41) is 2.36. The molecule has 0 radical (unpaired) electrons. The van der Waals surface area contributed by atoms with Gasteiger partial charge in [0.15, 0.2) is 0 Å². The van der Waals surface area contributed by atoms with Gasteiger partial charge in [-0.25, -0.2) is 8.78 Å². The van der Waals surface area contributed by atoms with Gasteiger partial charge in [0.25, 0.3) is 0 Å². The number of hydrogen-bond donors (Lipinski definition) is 1. The summed E-state index contributed by atoms with van der Waals surface area (Å²) in [5.74, 6) is -2.94. The van der Waals surface area contributed by atoms with E-state index in [4.69, 9.17) is 0 Å². The molecule has 1 saturated heterocycles. The minimum Gasteiger partial charge on any atom is -0.324 e. The quantitative estimate of drug-likeness (QED) is 0.657. The number of allylic oxidation sites excluding steroid dienone is 2. The highest BCUT2D eigenvalue weighted by Crippen LogP contribution is 2.35. The number of rotatable bonds is 5. The molecule has 1 N–H and O–H groups in total. The highest BCUT2D eigenvalue weighted by atomic mass is 19.1. The Hall–Kier alpha value is -2.57. The van der Waals surface area contributed by atoms with Gasteiger partial charge in [0.05, 0.1) is 17.5 Å². The lowest BCUT2D eigenvalue weighted by atomic mass is 9.85. The van der Waals surface area contributed by atoms with Gasteiger partial charge in [0, 0.05) is 19.0 Å². The molecule has 1 aliphatic carbocycles. The van der Waals surface area contributed by atoms with Gasteiger partial charge in [0.2, 0.25) is 17.7 Å². The first-order valence-electron chi connectivity index (χ1n) is 8.22.